The Bertz CT molecular complexity index is 1480. The lowest BCUT2D eigenvalue weighted by Crippen LogP contribution is -2.58. The summed E-state index contributed by atoms with van der Waals surface area (Å²) in [7, 11) is 1.56. The van der Waals surface area contributed by atoms with Gasteiger partial charge in [0.1, 0.15) is 0 Å². The molecule has 52 heavy (non-hydrogen) atoms. The number of anilines is 1. The van der Waals surface area contributed by atoms with Crippen molar-refractivity contribution in [3.8, 4) is 0 Å². The van der Waals surface area contributed by atoms with E-state index in [4.69, 9.17) is 10.6 Å². The number of nitrogens with zero attached hydrogens (tertiary/aromatic N) is 6. The second-order valence-electron chi connectivity index (χ2n) is 13.5. The number of aliphatic imine (C=N–C) groups is 1. The van der Waals surface area contributed by atoms with Gasteiger partial charge in [-0.1, -0.05) is 19.1 Å². The number of halogens is 6. The number of nitrogens with two attached hydrogens (primary N) is 1. The third-order valence-electron chi connectivity index (χ3n) is 10.1. The minimum atomic E-state index is -5.00. The van der Waals surface area contributed by atoms with Crippen molar-refractivity contribution >= 4 is 23.6 Å². The van der Waals surface area contributed by atoms with Crippen LogP contribution < -0.4 is 10.6 Å². The highest BCUT2D eigenvalue weighted by molar-refractivity contribution is 6.09. The van der Waals surface area contributed by atoms with Crippen molar-refractivity contribution in [1.82, 2.24) is 20.1 Å². The highest BCUT2D eigenvalue weighted by Gasteiger charge is 2.43. The predicted octanol–water partition coefficient (Wildman–Crippen LogP) is 7.52. The molecular formula is C36H49F6N7O3. The quantitative estimate of drug-likeness (QED) is 0.123. The van der Waals surface area contributed by atoms with Gasteiger partial charge in [-0.2, -0.15) is 26.3 Å². The molecule has 4 rings (SSSR count). The number of carbonyl (C=O) groups excluding carboxylic acids is 1. The van der Waals surface area contributed by atoms with Crippen molar-refractivity contribution < 1.29 is 41.2 Å². The van der Waals surface area contributed by atoms with Crippen molar-refractivity contribution in [3.05, 3.63) is 59.0 Å². The first-order valence-electron chi connectivity index (χ1n) is 17.8. The number of aromatic nitrogens is 2. The lowest BCUT2D eigenvalue weighted by atomic mass is 9.79. The maximum atomic E-state index is 14.2. The molecule has 0 spiro atoms. The number of piperidine rings is 1. The molecule has 2 aliphatic rings. The molecule has 288 valence electrons. The van der Waals surface area contributed by atoms with Crippen LogP contribution in [0.5, 0.6) is 0 Å². The molecule has 3 N–H and O–H groups in total. The summed E-state index contributed by atoms with van der Waals surface area (Å²) >= 11 is 0. The Balaban J connectivity index is 1.66. The number of allylic oxidation sites excluding steroid dienone is 1. The van der Waals surface area contributed by atoms with Gasteiger partial charge in [-0.15, -0.1) is 0 Å². The van der Waals surface area contributed by atoms with Crippen LogP contribution in [0.2, 0.25) is 0 Å². The first-order valence-corrected chi connectivity index (χ1v) is 17.8. The molecule has 0 radical (unpaired) electrons. The first kappa shape index (κ1) is 41.0. The third-order valence-corrected chi connectivity index (χ3v) is 10.1. The molecule has 16 heteroatoms. The van der Waals surface area contributed by atoms with Gasteiger partial charge in [0.15, 0.2) is 0 Å². The molecule has 1 saturated heterocycles. The zero-order valence-electron chi connectivity index (χ0n) is 30.0. The molecule has 1 unspecified atom stereocenters. The summed E-state index contributed by atoms with van der Waals surface area (Å²) in [6.45, 7) is 6.10. The van der Waals surface area contributed by atoms with E-state index in [-0.39, 0.29) is 53.9 Å². The molecule has 1 aromatic carbocycles. The molecule has 1 aromatic heterocycles. The van der Waals surface area contributed by atoms with Crippen LogP contribution in [-0.2, 0) is 28.5 Å². The van der Waals surface area contributed by atoms with Crippen LogP contribution in [-0.4, -0.2) is 75.7 Å². The van der Waals surface area contributed by atoms with Crippen LogP contribution >= 0.6 is 0 Å². The van der Waals surface area contributed by atoms with Gasteiger partial charge in [0.25, 0.3) is 0 Å². The maximum Gasteiger partial charge on any atom is 0.416 e. The number of hydroxylamine groups is 2. The van der Waals surface area contributed by atoms with Gasteiger partial charge in [0, 0.05) is 73.6 Å². The van der Waals surface area contributed by atoms with Gasteiger partial charge in [0.2, 0.25) is 11.9 Å². The number of rotatable bonds is 13. The average Bonchev–Trinajstić information content (AvgIpc) is 3.11. The second-order valence-corrected chi connectivity index (χ2v) is 13.5. The first-order chi connectivity index (χ1) is 24.6. The Morgan fingerprint density at radius 3 is 2.00 bits per heavy atom. The summed E-state index contributed by atoms with van der Waals surface area (Å²) < 4.78 is 83.1. The Morgan fingerprint density at radius 1 is 0.981 bits per heavy atom. The minimum absolute atomic E-state index is 0.0554. The molecular weight excluding hydrogens is 692 g/mol. The largest absolute Gasteiger partial charge is 0.416 e. The van der Waals surface area contributed by atoms with Crippen LogP contribution in [0.1, 0.15) is 94.4 Å². The van der Waals surface area contributed by atoms with Crippen molar-refractivity contribution in [3.63, 3.8) is 0 Å². The van der Waals surface area contributed by atoms with Gasteiger partial charge in [-0.3, -0.25) is 19.8 Å². The monoisotopic (exact) mass is 741 g/mol. The highest BCUT2D eigenvalue weighted by atomic mass is 19.4. The Labute approximate surface area is 300 Å². The Hall–Kier alpha value is -3.76. The molecule has 3 atom stereocenters. The van der Waals surface area contributed by atoms with Gasteiger partial charge in [-0.05, 0) is 88.0 Å². The van der Waals surface area contributed by atoms with E-state index in [2.05, 4.69) is 15.0 Å². The van der Waals surface area contributed by atoms with E-state index in [1.807, 2.05) is 18.7 Å². The van der Waals surface area contributed by atoms with E-state index in [1.165, 1.54) is 24.8 Å². The predicted molar refractivity (Wildman–Crippen MR) is 185 cm³/mol. The molecule has 1 amide bonds. The highest BCUT2D eigenvalue weighted by Crippen LogP contribution is 2.39. The lowest BCUT2D eigenvalue weighted by Gasteiger charge is -2.49. The molecule has 2 heterocycles. The van der Waals surface area contributed by atoms with E-state index in [0.717, 1.165) is 30.2 Å². The summed E-state index contributed by atoms with van der Waals surface area (Å²) in [6.07, 6.45) is 0.659. The van der Waals surface area contributed by atoms with Crippen LogP contribution in [0.25, 0.3) is 5.57 Å². The molecule has 2 fully saturated rings. The number of hydrogen-bond donors (Lipinski definition) is 2. The van der Waals surface area contributed by atoms with E-state index >= 15 is 0 Å². The molecule has 1 saturated carbocycles. The zero-order valence-corrected chi connectivity index (χ0v) is 30.0. The van der Waals surface area contributed by atoms with Crippen molar-refractivity contribution in [2.45, 2.75) is 109 Å². The number of hydrogen-bond acceptors (Lipinski definition) is 9. The fraction of sp³-hybridized carbons (Fsp3) is 0.611. The second kappa shape index (κ2) is 17.8. The van der Waals surface area contributed by atoms with Crippen molar-refractivity contribution in [2.75, 3.05) is 25.1 Å². The topological polar surface area (TPSA) is 120 Å². The van der Waals surface area contributed by atoms with Gasteiger partial charge in [-0.25, -0.2) is 9.97 Å². The summed E-state index contributed by atoms with van der Waals surface area (Å²) in [5, 5.41) is 10.8. The van der Waals surface area contributed by atoms with E-state index in [9.17, 15) is 36.3 Å². The van der Waals surface area contributed by atoms with Crippen LogP contribution in [0, 0.1) is 11.8 Å². The third kappa shape index (κ3) is 10.2. The number of alkyl halides is 6. The normalized spacial score (nSPS) is 23.4. The standard InChI is InChI=1S/C36H49F6N7O3/c1-5-30-15-32(16-31(6-2)49(30)33(50)25-10-8-23(9-11-25)22-48(51)52-7-3)47(34-45-19-27(20-46-34)26(17-43)18-44-4)21-24-12-28(35(37,38)39)14-29(13-24)36(40,41)42/h12-14,17-20,23,25,30-32,51H,5-11,15-16,21-22,43H2,1-4H3/t23?,25?,30-,31+,32?. The molecule has 1 aliphatic heterocycles. The number of amides is 1. The molecule has 0 bridgehead atoms. The van der Waals surface area contributed by atoms with Gasteiger partial charge >= 0.3 is 12.4 Å². The summed E-state index contributed by atoms with van der Waals surface area (Å²) in [5.74, 6) is 0.177. The van der Waals surface area contributed by atoms with Crippen LogP contribution in [0.3, 0.4) is 0 Å². The Kier molecular flexibility index (Phi) is 14.1. The van der Waals surface area contributed by atoms with E-state index in [0.29, 0.717) is 62.8 Å². The molecule has 10 nitrogen and oxygen atoms in total. The van der Waals surface area contributed by atoms with Crippen LogP contribution in [0.4, 0.5) is 32.3 Å². The summed E-state index contributed by atoms with van der Waals surface area (Å²) in [6, 6.07) is 0.698. The lowest BCUT2D eigenvalue weighted by molar-refractivity contribution is -0.343. The fourth-order valence-electron chi connectivity index (χ4n) is 7.46. The average molecular weight is 742 g/mol. The number of likely N-dealkylation sites (tertiary alicyclic amines) is 1. The zero-order chi connectivity index (χ0) is 38.2. The van der Waals surface area contributed by atoms with Gasteiger partial charge < -0.3 is 15.5 Å². The minimum Gasteiger partial charge on any atom is -0.404 e. The molecule has 2 aromatic rings. The van der Waals surface area contributed by atoms with Crippen LogP contribution in [0.15, 0.2) is 41.8 Å². The smallest absolute Gasteiger partial charge is 0.404 e. The maximum absolute atomic E-state index is 14.2. The van der Waals surface area contributed by atoms with E-state index < -0.39 is 29.5 Å². The number of carbonyl (C=O) groups is 1. The van der Waals surface area contributed by atoms with Gasteiger partial charge in [0.05, 0.1) is 24.3 Å². The Morgan fingerprint density at radius 2 is 1.54 bits per heavy atom. The summed E-state index contributed by atoms with van der Waals surface area (Å²) in [4.78, 5) is 35.9. The fourth-order valence-corrected chi connectivity index (χ4v) is 7.46. The molecule has 1 aliphatic carbocycles. The van der Waals surface area contributed by atoms with Crippen molar-refractivity contribution in [1.29, 1.82) is 0 Å². The number of benzene rings is 1. The van der Waals surface area contributed by atoms with Crippen molar-refractivity contribution in [2.24, 2.45) is 22.6 Å². The van der Waals surface area contributed by atoms with E-state index in [1.54, 1.807) is 18.9 Å². The summed E-state index contributed by atoms with van der Waals surface area (Å²) in [5.41, 5.74) is 3.79. The SMILES string of the molecule is CCON(O)CC1CCC(C(=O)N2[C@H](CC)CC(N(Cc3cc(C(F)(F)F)cc(C(F)(F)F)c3)c3ncc(C(C=NC)=CN)cn3)C[C@@H]2CC)CC1.